The molecule has 0 saturated carbocycles. The van der Waals surface area contributed by atoms with E-state index in [2.05, 4.69) is 12.2 Å². The molecule has 2 aliphatic heterocycles. The van der Waals surface area contributed by atoms with E-state index in [1.165, 1.54) is 5.56 Å². The summed E-state index contributed by atoms with van der Waals surface area (Å²) in [7, 11) is 0. The highest BCUT2D eigenvalue weighted by atomic mass is 35.5. The maximum atomic E-state index is 13.0. The quantitative estimate of drug-likeness (QED) is 0.702. The van der Waals surface area contributed by atoms with E-state index in [0.717, 1.165) is 10.6 Å². The molecule has 0 aromatic heterocycles. The molecule has 0 bridgehead atoms. The first-order chi connectivity index (χ1) is 15.4. The number of hydrogen-bond donors (Lipinski definition) is 1. The van der Waals surface area contributed by atoms with Crippen molar-refractivity contribution in [3.8, 4) is 5.75 Å². The Morgan fingerprint density at radius 2 is 1.88 bits per heavy atom. The predicted molar refractivity (Wildman–Crippen MR) is 123 cm³/mol. The van der Waals surface area contributed by atoms with Gasteiger partial charge in [0.05, 0.1) is 12.6 Å². The highest BCUT2D eigenvalue weighted by Crippen LogP contribution is 2.31. The summed E-state index contributed by atoms with van der Waals surface area (Å²) in [5.41, 5.74) is 2.33. The summed E-state index contributed by atoms with van der Waals surface area (Å²) in [6.07, 6.45) is 0.772. The molecule has 1 N–H and O–H groups in total. The predicted octanol–water partition coefficient (Wildman–Crippen LogP) is 4.18. The maximum Gasteiger partial charge on any atom is 0.258 e. The third-order valence-electron chi connectivity index (χ3n) is 5.91. The Kier molecular flexibility index (Phi) is 7.23. The maximum absolute atomic E-state index is 13.0. The van der Waals surface area contributed by atoms with Gasteiger partial charge in [-0.15, -0.1) is 0 Å². The van der Waals surface area contributed by atoms with Crippen molar-refractivity contribution in [1.29, 1.82) is 0 Å². The number of rotatable bonds is 5. The van der Waals surface area contributed by atoms with Gasteiger partial charge in [0.1, 0.15) is 11.9 Å². The largest absolute Gasteiger partial charge is 0.484 e. The summed E-state index contributed by atoms with van der Waals surface area (Å²) in [5.74, 6) is 0.583. The minimum atomic E-state index is -0.477. The number of carbonyl (C=O) groups excluding carboxylic acids is 2. The summed E-state index contributed by atoms with van der Waals surface area (Å²) in [5, 5.41) is 4.24. The Hall–Kier alpha value is -2.28. The van der Waals surface area contributed by atoms with Gasteiger partial charge < -0.3 is 19.7 Å². The fourth-order valence-corrected chi connectivity index (χ4v) is 4.55. The van der Waals surface area contributed by atoms with Crippen molar-refractivity contribution in [2.24, 2.45) is 0 Å². The van der Waals surface area contributed by atoms with Gasteiger partial charge in [-0.1, -0.05) is 36.2 Å². The average molecular weight is 477 g/mol. The van der Waals surface area contributed by atoms with Crippen LogP contribution in [0.5, 0.6) is 5.75 Å². The molecule has 1 fully saturated rings. The number of nitrogens with zero attached hydrogens (tertiary/aromatic N) is 1. The van der Waals surface area contributed by atoms with E-state index in [4.69, 9.17) is 32.7 Å². The van der Waals surface area contributed by atoms with Crippen LogP contribution in [0.1, 0.15) is 36.8 Å². The van der Waals surface area contributed by atoms with Crippen LogP contribution < -0.4 is 10.1 Å². The van der Waals surface area contributed by atoms with Crippen molar-refractivity contribution < 1.29 is 19.1 Å². The molecule has 1 unspecified atom stereocenters. The second kappa shape index (κ2) is 10.1. The Morgan fingerprint density at radius 3 is 2.59 bits per heavy atom. The van der Waals surface area contributed by atoms with E-state index < -0.39 is 6.10 Å². The highest BCUT2D eigenvalue weighted by molar-refractivity contribution is 6.30. The summed E-state index contributed by atoms with van der Waals surface area (Å²) >= 11 is 12.0. The molecule has 8 heteroatoms. The van der Waals surface area contributed by atoms with Crippen molar-refractivity contribution in [2.75, 3.05) is 19.8 Å². The zero-order chi connectivity index (χ0) is 22.7. The summed E-state index contributed by atoms with van der Waals surface area (Å²) in [6.45, 7) is 3.54. The molecule has 2 aromatic rings. The van der Waals surface area contributed by atoms with Crippen molar-refractivity contribution in [2.45, 2.75) is 44.4 Å². The normalized spacial score (nSPS) is 22.7. The monoisotopic (exact) mass is 476 g/mol. The van der Waals surface area contributed by atoms with Gasteiger partial charge in [0.25, 0.3) is 11.8 Å². The number of fused-ring (bicyclic) bond motifs is 1. The third kappa shape index (κ3) is 5.55. The second-order valence-electron chi connectivity index (χ2n) is 8.37. The summed E-state index contributed by atoms with van der Waals surface area (Å²) in [6, 6.07) is 12.5. The van der Waals surface area contributed by atoms with Gasteiger partial charge in [-0.2, -0.15) is 0 Å². The molecule has 2 aromatic carbocycles. The van der Waals surface area contributed by atoms with Crippen LogP contribution in [0.3, 0.4) is 0 Å². The van der Waals surface area contributed by atoms with Crippen molar-refractivity contribution in [1.82, 2.24) is 10.2 Å². The Morgan fingerprint density at radius 1 is 1.12 bits per heavy atom. The van der Waals surface area contributed by atoms with Gasteiger partial charge >= 0.3 is 0 Å². The lowest BCUT2D eigenvalue weighted by Gasteiger charge is -2.37. The molecule has 0 spiro atoms. The Balaban J connectivity index is 1.23. The zero-order valence-corrected chi connectivity index (χ0v) is 19.4. The fourth-order valence-electron chi connectivity index (χ4n) is 4.25. The van der Waals surface area contributed by atoms with Crippen LogP contribution in [0, 0.1) is 0 Å². The lowest BCUT2D eigenvalue weighted by atomic mass is 9.90. The summed E-state index contributed by atoms with van der Waals surface area (Å²) < 4.78 is 11.3. The molecular weight excluding hydrogens is 451 g/mol. The smallest absolute Gasteiger partial charge is 0.258 e. The van der Waals surface area contributed by atoms with Crippen molar-refractivity contribution in [3.63, 3.8) is 0 Å². The number of benzene rings is 2. The number of ether oxygens (including phenoxy) is 2. The molecule has 3 atom stereocenters. The number of amides is 2. The van der Waals surface area contributed by atoms with Crippen LogP contribution in [-0.4, -0.2) is 48.6 Å². The molecule has 32 heavy (non-hydrogen) atoms. The number of hydrogen-bond acceptors (Lipinski definition) is 4. The first-order valence-electron chi connectivity index (χ1n) is 10.8. The van der Waals surface area contributed by atoms with Crippen LogP contribution in [0.25, 0.3) is 0 Å². The lowest BCUT2D eigenvalue weighted by molar-refractivity contribution is -0.149. The Bertz CT molecular complexity index is 974. The molecular formula is C24H26Cl2N2O4. The molecule has 2 aliphatic rings. The minimum absolute atomic E-state index is 0.00768. The SMILES string of the molecule is CC1CN(C(=O)[C@@H]2CC[C@@H](NC(=O)COc3ccc(Cl)cc3)CO2)Cc2ccc(Cl)cc21. The van der Waals surface area contributed by atoms with Gasteiger partial charge in [0.15, 0.2) is 6.61 Å². The second-order valence-corrected chi connectivity index (χ2v) is 9.24. The first kappa shape index (κ1) is 22.9. The van der Waals surface area contributed by atoms with Gasteiger partial charge in [-0.3, -0.25) is 9.59 Å². The van der Waals surface area contributed by atoms with Gasteiger partial charge in [-0.25, -0.2) is 0 Å². The van der Waals surface area contributed by atoms with Gasteiger partial charge in [0.2, 0.25) is 0 Å². The van der Waals surface area contributed by atoms with E-state index >= 15 is 0 Å². The van der Waals surface area contributed by atoms with E-state index in [1.807, 2.05) is 23.1 Å². The van der Waals surface area contributed by atoms with E-state index in [-0.39, 0.29) is 30.4 Å². The minimum Gasteiger partial charge on any atom is -0.484 e. The zero-order valence-electron chi connectivity index (χ0n) is 17.9. The van der Waals surface area contributed by atoms with Gasteiger partial charge in [-0.05, 0) is 66.3 Å². The molecule has 6 nitrogen and oxygen atoms in total. The van der Waals surface area contributed by atoms with Gasteiger partial charge in [0, 0.05) is 23.1 Å². The molecule has 0 aliphatic carbocycles. The van der Waals surface area contributed by atoms with E-state index in [1.54, 1.807) is 24.3 Å². The van der Waals surface area contributed by atoms with Crippen LogP contribution in [0.4, 0.5) is 0 Å². The number of halogens is 2. The third-order valence-corrected chi connectivity index (χ3v) is 6.39. The Labute approximate surface area is 197 Å². The van der Waals surface area contributed by atoms with Crippen LogP contribution in [0.15, 0.2) is 42.5 Å². The first-order valence-corrected chi connectivity index (χ1v) is 11.5. The fraction of sp³-hybridized carbons (Fsp3) is 0.417. The molecule has 170 valence electrons. The topological polar surface area (TPSA) is 67.9 Å². The highest BCUT2D eigenvalue weighted by Gasteiger charge is 2.34. The van der Waals surface area contributed by atoms with E-state index in [0.29, 0.717) is 43.3 Å². The standard InChI is InChI=1S/C24H26Cl2N2O4/c1-15-11-28(12-16-2-3-18(26)10-21(15)16)24(30)22-9-6-19(13-32-22)27-23(29)14-31-20-7-4-17(25)5-8-20/h2-5,7-8,10,15,19,22H,6,9,11-14H2,1H3,(H,27,29)/t15?,19-,22+/m1/s1. The lowest BCUT2D eigenvalue weighted by Crippen LogP contribution is -2.50. The van der Waals surface area contributed by atoms with E-state index in [9.17, 15) is 9.59 Å². The van der Waals surface area contributed by atoms with Crippen molar-refractivity contribution in [3.05, 3.63) is 63.6 Å². The molecule has 2 heterocycles. The number of nitrogens with one attached hydrogen (secondary N) is 1. The average Bonchev–Trinajstić information content (AvgIpc) is 2.79. The molecule has 0 radical (unpaired) electrons. The molecule has 1 saturated heterocycles. The van der Waals surface area contributed by atoms with Crippen LogP contribution in [0.2, 0.25) is 10.0 Å². The van der Waals surface area contributed by atoms with Crippen LogP contribution in [-0.2, 0) is 20.9 Å². The molecule has 2 amide bonds. The van der Waals surface area contributed by atoms with Crippen LogP contribution >= 0.6 is 23.2 Å². The molecule has 4 rings (SSSR count). The summed E-state index contributed by atoms with van der Waals surface area (Å²) in [4.78, 5) is 27.1. The van der Waals surface area contributed by atoms with Crippen molar-refractivity contribution >= 4 is 35.0 Å². The number of carbonyl (C=O) groups is 2.